The Labute approximate surface area is 136 Å². The van der Waals surface area contributed by atoms with E-state index in [1.54, 1.807) is 18.2 Å². The fourth-order valence-electron chi connectivity index (χ4n) is 2.60. The first kappa shape index (κ1) is 14.9. The summed E-state index contributed by atoms with van der Waals surface area (Å²) >= 11 is 3.40. The molecule has 0 aromatic heterocycles. The van der Waals surface area contributed by atoms with Gasteiger partial charge in [0, 0.05) is 23.4 Å². The topological polar surface area (TPSA) is 32.7 Å². The number of hydrogen-bond acceptors (Lipinski definition) is 2. The highest BCUT2D eigenvalue weighted by Gasteiger charge is 2.32. The lowest BCUT2D eigenvalue weighted by Gasteiger charge is -2.20. The minimum atomic E-state index is -0.318. The van der Waals surface area contributed by atoms with Crippen molar-refractivity contribution >= 4 is 27.5 Å². The number of benzene rings is 2. The van der Waals surface area contributed by atoms with Crippen molar-refractivity contribution in [3.63, 3.8) is 0 Å². The monoisotopic (exact) mass is 360 g/mol. The predicted molar refractivity (Wildman–Crippen MR) is 87.0 cm³/mol. The van der Waals surface area contributed by atoms with Crippen molar-refractivity contribution in [2.45, 2.75) is 19.4 Å². The van der Waals surface area contributed by atoms with Gasteiger partial charge in [-0.15, -0.1) is 0 Å². The Morgan fingerprint density at radius 2 is 1.91 bits per heavy atom. The zero-order valence-electron chi connectivity index (χ0n) is 12.0. The van der Waals surface area contributed by atoms with Gasteiger partial charge in [0.05, 0.1) is 11.8 Å². The van der Waals surface area contributed by atoms with Gasteiger partial charge in [-0.3, -0.25) is 4.79 Å². The van der Waals surface area contributed by atoms with Gasteiger partial charge >= 0.3 is 0 Å². The fraction of sp³-hybridized carbons (Fsp3) is 0.176. The molecule has 1 aliphatic rings. The van der Waals surface area contributed by atoms with Gasteiger partial charge in [-0.1, -0.05) is 46.3 Å². The van der Waals surface area contributed by atoms with Crippen molar-refractivity contribution in [3.8, 4) is 0 Å². The summed E-state index contributed by atoms with van der Waals surface area (Å²) < 4.78 is 14.9. The van der Waals surface area contributed by atoms with Crippen LogP contribution in [0.2, 0.25) is 0 Å². The van der Waals surface area contributed by atoms with Crippen molar-refractivity contribution < 1.29 is 9.18 Å². The minimum Gasteiger partial charge on any atom is -0.273 e. The maximum absolute atomic E-state index is 14.0. The van der Waals surface area contributed by atoms with Gasteiger partial charge in [0.1, 0.15) is 5.82 Å². The minimum absolute atomic E-state index is 0.153. The molecule has 0 aliphatic carbocycles. The summed E-state index contributed by atoms with van der Waals surface area (Å²) in [7, 11) is 0. The Morgan fingerprint density at radius 1 is 1.23 bits per heavy atom. The summed E-state index contributed by atoms with van der Waals surface area (Å²) in [5.74, 6) is -0.472. The first-order chi connectivity index (χ1) is 10.6. The molecule has 2 aromatic carbocycles. The molecule has 0 N–H and O–H groups in total. The second kappa shape index (κ2) is 6.01. The van der Waals surface area contributed by atoms with Crippen LogP contribution < -0.4 is 0 Å². The molecule has 3 rings (SSSR count). The third-order valence-electron chi connectivity index (χ3n) is 3.67. The standard InChI is InChI=1S/C17H14BrFN2O/c1-11(22)21-17(12-6-8-13(18)9-7-12)10-16(20-21)14-4-2-3-5-15(14)19/h2-9,17H,10H2,1H3. The molecular formula is C17H14BrFN2O. The van der Waals surface area contributed by atoms with E-state index in [-0.39, 0.29) is 17.8 Å². The van der Waals surface area contributed by atoms with E-state index in [9.17, 15) is 9.18 Å². The van der Waals surface area contributed by atoms with Gasteiger partial charge in [-0.05, 0) is 23.8 Å². The molecule has 0 bridgehead atoms. The van der Waals surface area contributed by atoms with E-state index in [1.165, 1.54) is 18.0 Å². The molecule has 22 heavy (non-hydrogen) atoms. The zero-order chi connectivity index (χ0) is 15.7. The fourth-order valence-corrected chi connectivity index (χ4v) is 2.87. The van der Waals surface area contributed by atoms with E-state index < -0.39 is 0 Å². The summed E-state index contributed by atoms with van der Waals surface area (Å²) in [5.41, 5.74) is 2.03. The lowest BCUT2D eigenvalue weighted by atomic mass is 9.98. The van der Waals surface area contributed by atoms with Crippen LogP contribution in [-0.4, -0.2) is 16.6 Å². The first-order valence-corrected chi connectivity index (χ1v) is 7.73. The summed E-state index contributed by atoms with van der Waals surface area (Å²) in [5, 5.41) is 5.78. The van der Waals surface area contributed by atoms with Crippen LogP contribution >= 0.6 is 15.9 Å². The van der Waals surface area contributed by atoms with Crippen LogP contribution in [0, 0.1) is 5.82 Å². The highest BCUT2D eigenvalue weighted by molar-refractivity contribution is 9.10. The highest BCUT2D eigenvalue weighted by atomic mass is 79.9. The van der Waals surface area contributed by atoms with Crippen molar-refractivity contribution in [2.75, 3.05) is 0 Å². The van der Waals surface area contributed by atoms with E-state index in [0.29, 0.717) is 17.7 Å². The van der Waals surface area contributed by atoms with Crippen molar-refractivity contribution in [2.24, 2.45) is 5.10 Å². The number of nitrogens with zero attached hydrogens (tertiary/aromatic N) is 2. The zero-order valence-corrected chi connectivity index (χ0v) is 13.5. The molecule has 1 aliphatic heterocycles. The van der Waals surface area contributed by atoms with Crippen LogP contribution in [0.5, 0.6) is 0 Å². The van der Waals surface area contributed by atoms with Crippen molar-refractivity contribution in [1.29, 1.82) is 0 Å². The number of amides is 1. The molecule has 1 atom stereocenters. The van der Waals surface area contributed by atoms with Crippen LogP contribution in [0.25, 0.3) is 0 Å². The SMILES string of the molecule is CC(=O)N1N=C(c2ccccc2F)CC1c1ccc(Br)cc1. The average Bonchev–Trinajstić information content (AvgIpc) is 2.93. The van der Waals surface area contributed by atoms with E-state index in [4.69, 9.17) is 0 Å². The maximum atomic E-state index is 14.0. The summed E-state index contributed by atoms with van der Waals surface area (Å²) in [6.07, 6.45) is 0.502. The molecule has 112 valence electrons. The molecule has 1 heterocycles. The Morgan fingerprint density at radius 3 is 2.55 bits per heavy atom. The van der Waals surface area contributed by atoms with Gasteiger partial charge in [-0.25, -0.2) is 9.40 Å². The summed E-state index contributed by atoms with van der Waals surface area (Å²) in [6, 6.07) is 14.1. The molecule has 0 saturated heterocycles. The van der Waals surface area contributed by atoms with Crippen molar-refractivity contribution in [1.82, 2.24) is 5.01 Å². The Hall–Kier alpha value is -2.01. The second-order valence-electron chi connectivity index (χ2n) is 5.16. The summed E-state index contributed by atoms with van der Waals surface area (Å²) in [6.45, 7) is 1.47. The number of halogens is 2. The van der Waals surface area contributed by atoms with Crippen LogP contribution in [0.1, 0.15) is 30.5 Å². The predicted octanol–water partition coefficient (Wildman–Crippen LogP) is 4.29. The molecule has 5 heteroatoms. The molecule has 0 spiro atoms. The quantitative estimate of drug-likeness (QED) is 0.786. The summed E-state index contributed by atoms with van der Waals surface area (Å²) in [4.78, 5) is 11.9. The Balaban J connectivity index is 1.96. The van der Waals surface area contributed by atoms with Crippen LogP contribution in [0.15, 0.2) is 58.1 Å². The Bertz CT molecular complexity index is 743. The van der Waals surface area contributed by atoms with Gasteiger partial charge in [0.15, 0.2) is 0 Å². The molecule has 1 unspecified atom stereocenters. The molecular weight excluding hydrogens is 347 g/mol. The van der Waals surface area contributed by atoms with E-state index >= 15 is 0 Å². The molecule has 0 saturated carbocycles. The average molecular weight is 361 g/mol. The van der Waals surface area contributed by atoms with Crippen LogP contribution in [0.3, 0.4) is 0 Å². The number of hydrogen-bond donors (Lipinski definition) is 0. The van der Waals surface area contributed by atoms with Gasteiger partial charge in [0.25, 0.3) is 0 Å². The van der Waals surface area contributed by atoms with Crippen LogP contribution in [-0.2, 0) is 4.79 Å². The third kappa shape index (κ3) is 2.81. The molecule has 2 aromatic rings. The number of hydrazone groups is 1. The lowest BCUT2D eigenvalue weighted by molar-refractivity contribution is -0.130. The van der Waals surface area contributed by atoms with Crippen molar-refractivity contribution in [3.05, 3.63) is 69.9 Å². The lowest BCUT2D eigenvalue weighted by Crippen LogP contribution is -2.24. The number of rotatable bonds is 2. The number of carbonyl (C=O) groups is 1. The first-order valence-electron chi connectivity index (χ1n) is 6.94. The Kier molecular flexibility index (Phi) is 4.07. The normalized spacial score (nSPS) is 17.5. The second-order valence-corrected chi connectivity index (χ2v) is 6.08. The molecule has 0 fully saturated rings. The smallest absolute Gasteiger partial charge is 0.240 e. The largest absolute Gasteiger partial charge is 0.273 e. The maximum Gasteiger partial charge on any atom is 0.240 e. The highest BCUT2D eigenvalue weighted by Crippen LogP contribution is 2.33. The molecule has 3 nitrogen and oxygen atoms in total. The van der Waals surface area contributed by atoms with E-state index in [1.807, 2.05) is 24.3 Å². The molecule has 1 amide bonds. The van der Waals surface area contributed by atoms with Gasteiger partial charge < -0.3 is 0 Å². The number of carbonyl (C=O) groups excluding carboxylic acids is 1. The van der Waals surface area contributed by atoms with E-state index in [2.05, 4.69) is 21.0 Å². The van der Waals surface area contributed by atoms with Gasteiger partial charge in [0.2, 0.25) is 5.91 Å². The van der Waals surface area contributed by atoms with E-state index in [0.717, 1.165) is 10.0 Å². The molecule has 0 radical (unpaired) electrons. The van der Waals surface area contributed by atoms with Crippen LogP contribution in [0.4, 0.5) is 4.39 Å². The van der Waals surface area contributed by atoms with Gasteiger partial charge in [-0.2, -0.15) is 5.10 Å². The third-order valence-corrected chi connectivity index (χ3v) is 4.20.